The predicted molar refractivity (Wildman–Crippen MR) is 244 cm³/mol. The van der Waals surface area contributed by atoms with E-state index >= 15 is 0 Å². The van der Waals surface area contributed by atoms with E-state index in [-0.39, 0.29) is 0 Å². The summed E-state index contributed by atoms with van der Waals surface area (Å²) >= 11 is 0. The summed E-state index contributed by atoms with van der Waals surface area (Å²) in [5, 5.41) is 17.0. The second kappa shape index (κ2) is 12.9. The van der Waals surface area contributed by atoms with E-state index in [9.17, 15) is 0 Å². The van der Waals surface area contributed by atoms with Crippen molar-refractivity contribution in [2.75, 3.05) is 0 Å². The van der Waals surface area contributed by atoms with Crippen LogP contribution in [0, 0.1) is 0 Å². The van der Waals surface area contributed by atoms with Gasteiger partial charge in [0.15, 0.2) is 17.5 Å². The highest BCUT2D eigenvalue weighted by Gasteiger charge is 2.22. The van der Waals surface area contributed by atoms with E-state index in [0.717, 1.165) is 38.2 Å². The number of hydrogen-bond donors (Lipinski definition) is 0. The Morgan fingerprint density at radius 1 is 0.224 bits per heavy atom. The van der Waals surface area contributed by atoms with Gasteiger partial charge < -0.3 is 0 Å². The molecular weight excluding hydrogens is 703 g/mol. The van der Waals surface area contributed by atoms with Crippen LogP contribution >= 0.6 is 0 Å². The molecule has 0 atom stereocenters. The molecule has 0 N–H and O–H groups in total. The molecule has 0 unspecified atom stereocenters. The van der Waals surface area contributed by atoms with Crippen molar-refractivity contribution in [2.45, 2.75) is 0 Å². The van der Waals surface area contributed by atoms with Crippen LogP contribution in [0.4, 0.5) is 0 Å². The first-order valence-corrected chi connectivity index (χ1v) is 19.8. The minimum atomic E-state index is 0.646. The Morgan fingerprint density at radius 2 is 0.586 bits per heavy atom. The van der Waals surface area contributed by atoms with Crippen LogP contribution < -0.4 is 0 Å². The van der Waals surface area contributed by atoms with Crippen LogP contribution in [0.1, 0.15) is 0 Å². The molecule has 3 heteroatoms. The molecule has 0 aliphatic rings. The number of aromatic nitrogens is 3. The molecule has 0 amide bonds. The third kappa shape index (κ3) is 4.90. The van der Waals surface area contributed by atoms with E-state index in [0.29, 0.717) is 17.5 Å². The Morgan fingerprint density at radius 3 is 1.12 bits per heavy atom. The van der Waals surface area contributed by atoms with Crippen LogP contribution in [0.15, 0.2) is 200 Å². The topological polar surface area (TPSA) is 38.7 Å². The second-order valence-electron chi connectivity index (χ2n) is 15.0. The molecule has 0 aliphatic carbocycles. The first kappa shape index (κ1) is 32.5. The molecular formula is C55H33N3. The molecule has 268 valence electrons. The normalized spacial score (nSPS) is 11.8. The Balaban J connectivity index is 1.25. The number of hydrogen-bond acceptors (Lipinski definition) is 3. The molecule has 0 radical (unpaired) electrons. The smallest absolute Gasteiger partial charge is 0.165 e. The SMILES string of the molecule is c1ccc(-c2nc(-c3ccccc3)nc(-c3c4ccccc4c(-c4cccc5c6cccc7ccc8cccc(c9ccccc9c45)c8c76)c4ccccc34)n2)cc1. The molecule has 58 heavy (non-hydrogen) atoms. The molecule has 0 saturated heterocycles. The van der Waals surface area contributed by atoms with Crippen molar-refractivity contribution in [1.29, 1.82) is 0 Å². The van der Waals surface area contributed by atoms with Crippen LogP contribution in [-0.2, 0) is 0 Å². The van der Waals surface area contributed by atoms with Gasteiger partial charge in [-0.3, -0.25) is 0 Å². The molecule has 0 fully saturated rings. The van der Waals surface area contributed by atoms with Gasteiger partial charge >= 0.3 is 0 Å². The molecule has 1 aromatic heterocycles. The van der Waals surface area contributed by atoms with Gasteiger partial charge in [0.1, 0.15) is 0 Å². The van der Waals surface area contributed by atoms with Gasteiger partial charge in [-0.15, -0.1) is 0 Å². The van der Waals surface area contributed by atoms with E-state index in [1.807, 2.05) is 36.4 Å². The Labute approximate surface area is 334 Å². The summed E-state index contributed by atoms with van der Waals surface area (Å²) in [6.45, 7) is 0. The van der Waals surface area contributed by atoms with Gasteiger partial charge in [0.25, 0.3) is 0 Å². The number of fused-ring (bicyclic) bond motifs is 7. The zero-order chi connectivity index (χ0) is 38.2. The zero-order valence-electron chi connectivity index (χ0n) is 31.4. The molecule has 0 spiro atoms. The van der Waals surface area contributed by atoms with Gasteiger partial charge in [-0.1, -0.05) is 200 Å². The summed E-state index contributed by atoms with van der Waals surface area (Å²) in [6, 6.07) is 71.9. The van der Waals surface area contributed by atoms with Gasteiger partial charge in [0.05, 0.1) is 0 Å². The van der Waals surface area contributed by atoms with Crippen molar-refractivity contribution in [3.63, 3.8) is 0 Å². The van der Waals surface area contributed by atoms with Crippen LogP contribution in [0.25, 0.3) is 121 Å². The molecule has 12 aromatic rings. The summed E-state index contributed by atoms with van der Waals surface area (Å²) in [4.78, 5) is 15.6. The summed E-state index contributed by atoms with van der Waals surface area (Å²) in [5.41, 5.74) is 5.28. The molecule has 1 heterocycles. The number of rotatable bonds is 4. The average Bonchev–Trinajstić information content (AvgIpc) is 3.30. The highest BCUT2D eigenvalue weighted by atomic mass is 15.0. The lowest BCUT2D eigenvalue weighted by molar-refractivity contribution is 1.08. The lowest BCUT2D eigenvalue weighted by Gasteiger charge is -2.20. The maximum atomic E-state index is 5.26. The highest BCUT2D eigenvalue weighted by molar-refractivity contribution is 6.35. The van der Waals surface area contributed by atoms with Crippen molar-refractivity contribution in [3.8, 4) is 45.3 Å². The third-order valence-corrected chi connectivity index (χ3v) is 11.9. The molecule has 12 rings (SSSR count). The van der Waals surface area contributed by atoms with Gasteiger partial charge in [0, 0.05) is 16.7 Å². The van der Waals surface area contributed by atoms with Gasteiger partial charge in [-0.25, -0.2) is 15.0 Å². The number of nitrogens with zero attached hydrogens (tertiary/aromatic N) is 3. The van der Waals surface area contributed by atoms with E-state index in [4.69, 9.17) is 15.0 Å². The van der Waals surface area contributed by atoms with Crippen molar-refractivity contribution in [3.05, 3.63) is 200 Å². The summed E-state index contributed by atoms with van der Waals surface area (Å²) < 4.78 is 0. The van der Waals surface area contributed by atoms with E-state index in [1.165, 1.54) is 65.0 Å². The minimum absolute atomic E-state index is 0.646. The first-order valence-electron chi connectivity index (χ1n) is 19.8. The maximum Gasteiger partial charge on any atom is 0.165 e. The fourth-order valence-electron chi connectivity index (χ4n) is 9.40. The second-order valence-corrected chi connectivity index (χ2v) is 15.0. The van der Waals surface area contributed by atoms with Crippen LogP contribution in [-0.4, -0.2) is 15.0 Å². The fraction of sp³-hybridized carbons (Fsp3) is 0. The zero-order valence-corrected chi connectivity index (χ0v) is 31.4. The molecule has 11 aromatic carbocycles. The van der Waals surface area contributed by atoms with E-state index in [2.05, 4.69) is 164 Å². The van der Waals surface area contributed by atoms with Crippen molar-refractivity contribution in [2.24, 2.45) is 0 Å². The van der Waals surface area contributed by atoms with Crippen LogP contribution in [0.2, 0.25) is 0 Å². The lowest BCUT2D eigenvalue weighted by atomic mass is 9.84. The molecule has 0 aliphatic heterocycles. The molecule has 0 bridgehead atoms. The Bertz CT molecular complexity index is 3500. The van der Waals surface area contributed by atoms with Gasteiger partial charge in [0.2, 0.25) is 0 Å². The van der Waals surface area contributed by atoms with Crippen molar-refractivity contribution in [1.82, 2.24) is 15.0 Å². The van der Waals surface area contributed by atoms with E-state index in [1.54, 1.807) is 0 Å². The standard InChI is InChI=1S/C55H33N3/c1-3-16-36(17-4-1)53-56-54(37-18-5-2-6-19-37)58-55(57-53)52-45-26-11-9-24-42(45)51(43-25-10-12-27-46(43)52)47-31-15-30-44-41-29-14-21-35-33-32-34-20-13-28-39(48(34)49(35)41)38-22-7-8-23-40(38)50(44)47/h1-33H. The van der Waals surface area contributed by atoms with E-state index < -0.39 is 0 Å². The van der Waals surface area contributed by atoms with Gasteiger partial charge in [-0.05, 0) is 86.5 Å². The lowest BCUT2D eigenvalue weighted by Crippen LogP contribution is -2.01. The Hall–Kier alpha value is -7.75. The third-order valence-electron chi connectivity index (χ3n) is 11.9. The predicted octanol–water partition coefficient (Wildman–Crippen LogP) is 14.6. The molecule has 3 nitrogen and oxygen atoms in total. The monoisotopic (exact) mass is 735 g/mol. The summed E-state index contributed by atoms with van der Waals surface area (Å²) in [6.07, 6.45) is 0. The fourth-order valence-corrected chi connectivity index (χ4v) is 9.40. The minimum Gasteiger partial charge on any atom is -0.208 e. The quantitative estimate of drug-likeness (QED) is 0.133. The molecule has 0 saturated carbocycles. The van der Waals surface area contributed by atoms with Crippen LogP contribution in [0.3, 0.4) is 0 Å². The average molecular weight is 736 g/mol. The largest absolute Gasteiger partial charge is 0.208 e. The first-order chi connectivity index (χ1) is 28.8. The van der Waals surface area contributed by atoms with Crippen LogP contribution in [0.5, 0.6) is 0 Å². The Kier molecular flexibility index (Phi) is 7.23. The summed E-state index contributed by atoms with van der Waals surface area (Å²) in [5.74, 6) is 1.94. The summed E-state index contributed by atoms with van der Waals surface area (Å²) in [7, 11) is 0. The maximum absolute atomic E-state index is 5.26. The van der Waals surface area contributed by atoms with Crippen molar-refractivity contribution < 1.29 is 0 Å². The number of benzene rings is 10. The highest BCUT2D eigenvalue weighted by Crippen LogP contribution is 2.48. The van der Waals surface area contributed by atoms with Crippen molar-refractivity contribution >= 4 is 75.4 Å². The van der Waals surface area contributed by atoms with Gasteiger partial charge in [-0.2, -0.15) is 0 Å².